The molecule has 2 N–H and O–H groups in total. The van der Waals surface area contributed by atoms with Crippen LogP contribution >= 0.6 is 0 Å². The molecule has 0 spiro atoms. The number of oxazole rings is 1. The highest BCUT2D eigenvalue weighted by molar-refractivity contribution is 5.97. The number of hydrogen-bond donors (Lipinski definition) is 2. The summed E-state index contributed by atoms with van der Waals surface area (Å²) in [6.07, 6.45) is 1.64. The van der Waals surface area contributed by atoms with Crippen molar-refractivity contribution in [2.45, 2.75) is 0 Å². The molecule has 0 atom stereocenters. The topological polar surface area (TPSA) is 107 Å². The summed E-state index contributed by atoms with van der Waals surface area (Å²) in [5.74, 6) is 0.382. The fraction of sp³-hybridized carbons (Fsp3) is 0.222. The molecule has 0 fully saturated rings. The number of carbonyl (C=O) groups is 1. The lowest BCUT2D eigenvalue weighted by atomic mass is 10.2. The second-order valence-corrected chi connectivity index (χ2v) is 5.92. The lowest BCUT2D eigenvalue weighted by Crippen LogP contribution is -2.26. The van der Waals surface area contributed by atoms with Crippen LogP contribution in [0.3, 0.4) is 0 Å². The summed E-state index contributed by atoms with van der Waals surface area (Å²) in [5.41, 5.74) is 3.21. The lowest BCUT2D eigenvalue weighted by molar-refractivity contribution is 0.0937. The number of benzene rings is 1. The normalized spacial score (nSPS) is 11.2. The summed E-state index contributed by atoms with van der Waals surface area (Å²) in [4.78, 5) is 25.2. The van der Waals surface area contributed by atoms with Crippen LogP contribution in [0, 0.1) is 0 Å². The maximum Gasteiger partial charge on any atom is 0.304 e. The minimum Gasteiger partial charge on any atom is -0.404 e. The molecular formula is C18H18N6O3. The third-order valence-corrected chi connectivity index (χ3v) is 4.12. The second kappa shape index (κ2) is 7.04. The van der Waals surface area contributed by atoms with E-state index in [1.807, 2.05) is 23.7 Å². The molecule has 0 unspecified atom stereocenters. The van der Waals surface area contributed by atoms with E-state index in [-0.39, 0.29) is 5.91 Å². The molecule has 0 aliphatic heterocycles. The van der Waals surface area contributed by atoms with Crippen LogP contribution in [0.15, 0.2) is 40.9 Å². The number of amides is 1. The van der Waals surface area contributed by atoms with Crippen LogP contribution in [0.4, 0.5) is 12.0 Å². The monoisotopic (exact) mass is 366 g/mol. The fourth-order valence-corrected chi connectivity index (χ4v) is 2.74. The summed E-state index contributed by atoms with van der Waals surface area (Å²) < 4.78 is 12.4. The Kier molecular flexibility index (Phi) is 4.43. The number of fused-ring (bicyclic) bond motifs is 2. The standard InChI is InChI=1S/C18H18N6O3/c1-24-14-6-5-11(15(25)19-8-9-26-2)10-13(14)21-17(24)23-18-22-12-4-3-7-20-16(12)27-18/h3-7,10H,8-9H2,1-2H3,(H,19,25)(H,21,22,23). The Morgan fingerprint density at radius 2 is 2.15 bits per heavy atom. The number of carbonyl (C=O) groups excluding carboxylic acids is 1. The summed E-state index contributed by atoms with van der Waals surface area (Å²) in [6, 6.07) is 9.28. The number of rotatable bonds is 6. The van der Waals surface area contributed by atoms with E-state index in [0.717, 1.165) is 5.52 Å². The van der Waals surface area contributed by atoms with E-state index in [1.165, 1.54) is 0 Å². The lowest BCUT2D eigenvalue weighted by Gasteiger charge is -2.04. The Morgan fingerprint density at radius 3 is 2.96 bits per heavy atom. The van der Waals surface area contributed by atoms with Gasteiger partial charge in [-0.05, 0) is 30.3 Å². The third-order valence-electron chi connectivity index (χ3n) is 4.12. The Bertz CT molecular complexity index is 1080. The minimum atomic E-state index is -0.167. The van der Waals surface area contributed by atoms with E-state index >= 15 is 0 Å². The highest BCUT2D eigenvalue weighted by Crippen LogP contribution is 2.24. The fourth-order valence-electron chi connectivity index (χ4n) is 2.74. The van der Waals surface area contributed by atoms with Crippen molar-refractivity contribution < 1.29 is 13.9 Å². The SMILES string of the molecule is COCCNC(=O)c1ccc2c(c1)nc(Nc1nc3cccnc3o1)n2C. The van der Waals surface area contributed by atoms with Gasteiger partial charge in [-0.1, -0.05) is 0 Å². The van der Waals surface area contributed by atoms with Gasteiger partial charge >= 0.3 is 6.01 Å². The number of nitrogens with zero attached hydrogens (tertiary/aromatic N) is 4. The number of nitrogens with one attached hydrogen (secondary N) is 2. The largest absolute Gasteiger partial charge is 0.404 e. The molecule has 9 nitrogen and oxygen atoms in total. The van der Waals surface area contributed by atoms with E-state index < -0.39 is 0 Å². The molecular weight excluding hydrogens is 348 g/mol. The highest BCUT2D eigenvalue weighted by Gasteiger charge is 2.14. The maximum atomic E-state index is 12.2. The third kappa shape index (κ3) is 3.32. The summed E-state index contributed by atoms with van der Waals surface area (Å²) in [7, 11) is 3.46. The quantitative estimate of drug-likeness (QED) is 0.504. The van der Waals surface area contributed by atoms with Crippen LogP contribution in [-0.4, -0.2) is 45.7 Å². The van der Waals surface area contributed by atoms with Gasteiger partial charge in [0.05, 0.1) is 17.6 Å². The molecule has 1 aromatic carbocycles. The number of ether oxygens (including phenoxy) is 1. The first-order chi connectivity index (χ1) is 13.2. The Balaban J connectivity index is 1.60. The second-order valence-electron chi connectivity index (χ2n) is 5.92. The molecule has 4 rings (SSSR count). The van der Waals surface area contributed by atoms with Crippen molar-refractivity contribution in [3.05, 3.63) is 42.1 Å². The Morgan fingerprint density at radius 1 is 1.26 bits per heavy atom. The van der Waals surface area contributed by atoms with Crippen LogP contribution in [0.2, 0.25) is 0 Å². The first kappa shape index (κ1) is 17.0. The van der Waals surface area contributed by atoms with Gasteiger partial charge in [0.2, 0.25) is 11.7 Å². The molecule has 0 radical (unpaired) electrons. The van der Waals surface area contributed by atoms with Gasteiger partial charge < -0.3 is 19.0 Å². The first-order valence-electron chi connectivity index (χ1n) is 8.38. The Hall–Kier alpha value is -3.46. The Labute approximate surface area is 154 Å². The van der Waals surface area contributed by atoms with Gasteiger partial charge in [-0.2, -0.15) is 4.98 Å². The smallest absolute Gasteiger partial charge is 0.304 e. The molecule has 1 amide bonds. The number of aryl methyl sites for hydroxylation is 1. The summed E-state index contributed by atoms with van der Waals surface area (Å²) >= 11 is 0. The number of methoxy groups -OCH3 is 1. The molecule has 0 aliphatic carbocycles. The number of anilines is 2. The first-order valence-corrected chi connectivity index (χ1v) is 8.38. The van der Waals surface area contributed by atoms with Gasteiger partial charge in [0.1, 0.15) is 5.52 Å². The van der Waals surface area contributed by atoms with Gasteiger partial charge in [0.15, 0.2) is 0 Å². The van der Waals surface area contributed by atoms with Crippen molar-refractivity contribution in [2.24, 2.45) is 7.05 Å². The molecule has 27 heavy (non-hydrogen) atoms. The van der Waals surface area contributed by atoms with Gasteiger partial charge in [-0.3, -0.25) is 10.1 Å². The van der Waals surface area contributed by atoms with Crippen molar-refractivity contribution in [2.75, 3.05) is 25.6 Å². The van der Waals surface area contributed by atoms with Crippen molar-refractivity contribution in [1.82, 2.24) is 24.8 Å². The van der Waals surface area contributed by atoms with Crippen LogP contribution < -0.4 is 10.6 Å². The number of imidazole rings is 1. The van der Waals surface area contributed by atoms with Crippen molar-refractivity contribution >= 4 is 40.1 Å². The molecule has 0 saturated heterocycles. The number of hydrogen-bond acceptors (Lipinski definition) is 7. The van der Waals surface area contributed by atoms with Crippen molar-refractivity contribution in [1.29, 1.82) is 0 Å². The molecule has 9 heteroatoms. The van der Waals surface area contributed by atoms with E-state index in [9.17, 15) is 4.79 Å². The number of aromatic nitrogens is 4. The predicted octanol–water partition coefficient (Wildman–Crippen LogP) is 2.23. The average Bonchev–Trinajstić information content (AvgIpc) is 3.22. The van der Waals surface area contributed by atoms with Gasteiger partial charge in [0.25, 0.3) is 5.91 Å². The zero-order valence-corrected chi connectivity index (χ0v) is 14.9. The molecule has 138 valence electrons. The zero-order valence-electron chi connectivity index (χ0n) is 14.9. The minimum absolute atomic E-state index is 0.167. The highest BCUT2D eigenvalue weighted by atomic mass is 16.5. The molecule has 3 heterocycles. The van der Waals surface area contributed by atoms with Crippen LogP contribution in [0.1, 0.15) is 10.4 Å². The summed E-state index contributed by atoms with van der Waals surface area (Å²) in [6.45, 7) is 0.916. The maximum absolute atomic E-state index is 12.2. The van der Waals surface area contributed by atoms with E-state index in [4.69, 9.17) is 9.15 Å². The average molecular weight is 366 g/mol. The molecule has 0 saturated carbocycles. The number of pyridine rings is 1. The van der Waals surface area contributed by atoms with Gasteiger partial charge in [-0.15, -0.1) is 0 Å². The van der Waals surface area contributed by atoms with Crippen LogP contribution in [-0.2, 0) is 11.8 Å². The zero-order chi connectivity index (χ0) is 18.8. The van der Waals surface area contributed by atoms with Crippen LogP contribution in [0.25, 0.3) is 22.3 Å². The van der Waals surface area contributed by atoms with Crippen molar-refractivity contribution in [3.63, 3.8) is 0 Å². The molecule has 0 aliphatic rings. The molecule has 4 aromatic rings. The van der Waals surface area contributed by atoms with E-state index in [1.54, 1.807) is 31.5 Å². The summed E-state index contributed by atoms with van der Waals surface area (Å²) in [5, 5.41) is 5.85. The molecule has 0 bridgehead atoms. The van der Waals surface area contributed by atoms with Crippen molar-refractivity contribution in [3.8, 4) is 0 Å². The van der Waals surface area contributed by atoms with Crippen LogP contribution in [0.5, 0.6) is 0 Å². The molecule has 3 aromatic heterocycles. The van der Waals surface area contributed by atoms with Gasteiger partial charge in [-0.25, -0.2) is 9.97 Å². The van der Waals surface area contributed by atoms with E-state index in [0.29, 0.717) is 47.4 Å². The predicted molar refractivity (Wildman–Crippen MR) is 100 cm³/mol. The van der Waals surface area contributed by atoms with E-state index in [2.05, 4.69) is 25.6 Å². The van der Waals surface area contributed by atoms with Gasteiger partial charge in [0, 0.05) is 32.5 Å².